The van der Waals surface area contributed by atoms with Gasteiger partial charge in [0.25, 0.3) is 0 Å². The lowest BCUT2D eigenvalue weighted by Gasteiger charge is -2.12. The Labute approximate surface area is 103 Å². The maximum Gasteiger partial charge on any atom is 0.0805 e. The second-order valence-electron chi connectivity index (χ2n) is 3.32. The summed E-state index contributed by atoms with van der Waals surface area (Å²) in [5, 5.41) is 10.5. The zero-order valence-electron chi connectivity index (χ0n) is 8.54. The third kappa shape index (κ3) is 4.11. The Bertz CT molecular complexity index is 317. The smallest absolute Gasteiger partial charge is 0.0805 e. The minimum Gasteiger partial charge on any atom is -0.388 e. The van der Waals surface area contributed by atoms with Gasteiger partial charge in [0.1, 0.15) is 0 Å². The average Bonchev–Trinajstić information content (AvgIpc) is 2.22. The molecule has 0 aliphatic rings. The molecule has 1 N–H and O–H groups in total. The maximum absolute atomic E-state index is 9.89. The normalized spacial score (nSPS) is 12.8. The van der Waals surface area contributed by atoms with Crippen molar-refractivity contribution < 1.29 is 9.84 Å². The van der Waals surface area contributed by atoms with Gasteiger partial charge in [-0.2, -0.15) is 0 Å². The van der Waals surface area contributed by atoms with E-state index in [1.165, 1.54) is 0 Å². The van der Waals surface area contributed by atoms with Gasteiger partial charge in [-0.25, -0.2) is 0 Å². The van der Waals surface area contributed by atoms with Gasteiger partial charge in [0.05, 0.1) is 6.10 Å². The number of halogens is 2. The first-order valence-corrected chi connectivity index (χ1v) is 5.94. The van der Waals surface area contributed by atoms with Gasteiger partial charge < -0.3 is 9.84 Å². The van der Waals surface area contributed by atoms with Gasteiger partial charge in [0.2, 0.25) is 0 Å². The van der Waals surface area contributed by atoms with Crippen LogP contribution >= 0.6 is 27.5 Å². The topological polar surface area (TPSA) is 29.5 Å². The van der Waals surface area contributed by atoms with Crippen LogP contribution in [-0.2, 0) is 4.74 Å². The Balaban J connectivity index is 2.64. The van der Waals surface area contributed by atoms with Crippen LogP contribution in [0.25, 0.3) is 0 Å². The minimum absolute atomic E-state index is 0.523. The molecule has 0 aliphatic carbocycles. The van der Waals surface area contributed by atoms with Crippen molar-refractivity contribution in [2.75, 3.05) is 13.7 Å². The van der Waals surface area contributed by atoms with Crippen molar-refractivity contribution in [3.8, 4) is 0 Å². The molecule has 0 bridgehead atoms. The molecule has 0 fully saturated rings. The summed E-state index contributed by atoms with van der Waals surface area (Å²) in [7, 11) is 1.65. The first-order valence-electron chi connectivity index (χ1n) is 4.77. The predicted molar refractivity (Wildman–Crippen MR) is 65.2 cm³/mol. The fourth-order valence-corrected chi connectivity index (χ4v) is 1.97. The molecule has 0 heterocycles. The molecule has 1 unspecified atom stereocenters. The molecule has 2 nitrogen and oxygen atoms in total. The summed E-state index contributed by atoms with van der Waals surface area (Å²) in [6, 6.07) is 5.48. The Morgan fingerprint density at radius 1 is 1.53 bits per heavy atom. The number of rotatable bonds is 5. The molecule has 0 amide bonds. The van der Waals surface area contributed by atoms with Gasteiger partial charge in [-0.3, -0.25) is 0 Å². The number of benzene rings is 1. The molecule has 1 atom stereocenters. The van der Waals surface area contributed by atoms with Gasteiger partial charge in [-0.15, -0.1) is 0 Å². The van der Waals surface area contributed by atoms with Crippen molar-refractivity contribution >= 4 is 27.5 Å². The summed E-state index contributed by atoms with van der Waals surface area (Å²) in [6.07, 6.45) is 0.954. The molecule has 4 heteroatoms. The molecule has 0 spiro atoms. The van der Waals surface area contributed by atoms with Crippen LogP contribution in [0.4, 0.5) is 0 Å². The van der Waals surface area contributed by atoms with Crippen LogP contribution in [0.15, 0.2) is 22.7 Å². The fourth-order valence-electron chi connectivity index (χ4n) is 1.35. The summed E-state index contributed by atoms with van der Waals surface area (Å²) in [5.74, 6) is 0. The summed E-state index contributed by atoms with van der Waals surface area (Å²) >= 11 is 9.34. The Hall–Kier alpha value is -0.0900. The highest BCUT2D eigenvalue weighted by Gasteiger charge is 2.11. The molecular weight excluding hydrogens is 279 g/mol. The molecule has 1 rings (SSSR count). The first kappa shape index (κ1) is 13.0. The van der Waals surface area contributed by atoms with E-state index in [1.807, 2.05) is 12.1 Å². The largest absolute Gasteiger partial charge is 0.388 e. The third-order valence-electron chi connectivity index (χ3n) is 2.14. The van der Waals surface area contributed by atoms with Gasteiger partial charge >= 0.3 is 0 Å². The van der Waals surface area contributed by atoms with Gasteiger partial charge in [-0.05, 0) is 31.0 Å². The number of aliphatic hydroxyl groups is 1. The standard InChI is InChI=1S/C11H14BrClO2/c1-15-6-2-3-11(14)9-7-8(12)4-5-10(9)13/h4-5,7,11,14H,2-3,6H2,1H3. The van der Waals surface area contributed by atoms with Crippen LogP contribution in [-0.4, -0.2) is 18.8 Å². The lowest BCUT2D eigenvalue weighted by molar-refractivity contribution is 0.136. The van der Waals surface area contributed by atoms with Gasteiger partial charge in [-0.1, -0.05) is 27.5 Å². The van der Waals surface area contributed by atoms with Crippen molar-refractivity contribution in [3.63, 3.8) is 0 Å². The maximum atomic E-state index is 9.89. The quantitative estimate of drug-likeness (QED) is 0.841. The number of hydrogen-bond donors (Lipinski definition) is 1. The molecule has 0 radical (unpaired) electrons. The first-order chi connectivity index (χ1) is 7.15. The van der Waals surface area contributed by atoms with Crippen LogP contribution in [0.3, 0.4) is 0 Å². The van der Waals surface area contributed by atoms with E-state index in [0.717, 1.165) is 16.5 Å². The summed E-state index contributed by atoms with van der Waals surface area (Å²) in [6.45, 7) is 0.655. The van der Waals surface area contributed by atoms with E-state index in [4.69, 9.17) is 16.3 Å². The SMILES string of the molecule is COCCCC(O)c1cc(Br)ccc1Cl. The predicted octanol–water partition coefficient (Wildman–Crippen LogP) is 3.56. The number of hydrogen-bond acceptors (Lipinski definition) is 2. The van der Waals surface area contributed by atoms with E-state index in [9.17, 15) is 5.11 Å². The average molecular weight is 294 g/mol. The van der Waals surface area contributed by atoms with Gasteiger partial charge in [0, 0.05) is 28.8 Å². The minimum atomic E-state index is -0.523. The van der Waals surface area contributed by atoms with Gasteiger partial charge in [0.15, 0.2) is 0 Å². The number of aliphatic hydroxyl groups excluding tert-OH is 1. The monoisotopic (exact) mass is 292 g/mol. The van der Waals surface area contributed by atoms with E-state index in [-0.39, 0.29) is 0 Å². The second kappa shape index (κ2) is 6.48. The Morgan fingerprint density at radius 2 is 2.27 bits per heavy atom. The number of methoxy groups -OCH3 is 1. The van der Waals surface area contributed by atoms with E-state index in [0.29, 0.717) is 18.1 Å². The molecule has 84 valence electrons. The lowest BCUT2D eigenvalue weighted by Crippen LogP contribution is -2.00. The summed E-state index contributed by atoms with van der Waals surface area (Å²) in [4.78, 5) is 0. The summed E-state index contributed by atoms with van der Waals surface area (Å²) in [5.41, 5.74) is 0.766. The highest BCUT2D eigenvalue weighted by Crippen LogP contribution is 2.28. The second-order valence-corrected chi connectivity index (χ2v) is 4.64. The van der Waals surface area contributed by atoms with Crippen molar-refractivity contribution in [3.05, 3.63) is 33.3 Å². The fraction of sp³-hybridized carbons (Fsp3) is 0.455. The van der Waals surface area contributed by atoms with Crippen molar-refractivity contribution in [1.82, 2.24) is 0 Å². The molecule has 1 aromatic carbocycles. The zero-order valence-corrected chi connectivity index (χ0v) is 10.9. The molecule has 0 aromatic heterocycles. The van der Waals surface area contributed by atoms with Crippen LogP contribution < -0.4 is 0 Å². The number of ether oxygens (including phenoxy) is 1. The van der Waals surface area contributed by atoms with Crippen LogP contribution in [0.5, 0.6) is 0 Å². The summed E-state index contributed by atoms with van der Waals surface area (Å²) < 4.78 is 5.85. The van der Waals surface area contributed by atoms with E-state index >= 15 is 0 Å². The Kier molecular flexibility index (Phi) is 5.61. The molecule has 1 aromatic rings. The van der Waals surface area contributed by atoms with Crippen molar-refractivity contribution in [2.24, 2.45) is 0 Å². The molecule has 0 aliphatic heterocycles. The van der Waals surface area contributed by atoms with Crippen LogP contribution in [0.2, 0.25) is 5.02 Å². The van der Waals surface area contributed by atoms with Crippen LogP contribution in [0.1, 0.15) is 24.5 Å². The highest BCUT2D eigenvalue weighted by atomic mass is 79.9. The van der Waals surface area contributed by atoms with Crippen molar-refractivity contribution in [2.45, 2.75) is 18.9 Å². The van der Waals surface area contributed by atoms with Crippen LogP contribution in [0, 0.1) is 0 Å². The highest BCUT2D eigenvalue weighted by molar-refractivity contribution is 9.10. The Morgan fingerprint density at radius 3 is 2.93 bits per heavy atom. The molecule has 0 saturated heterocycles. The zero-order chi connectivity index (χ0) is 11.3. The molecule has 0 saturated carbocycles. The van der Waals surface area contributed by atoms with E-state index in [1.54, 1.807) is 13.2 Å². The molecular formula is C11H14BrClO2. The lowest BCUT2D eigenvalue weighted by atomic mass is 10.1. The molecule has 15 heavy (non-hydrogen) atoms. The third-order valence-corrected chi connectivity index (χ3v) is 2.98. The van der Waals surface area contributed by atoms with Crippen molar-refractivity contribution in [1.29, 1.82) is 0 Å². The van der Waals surface area contributed by atoms with E-state index in [2.05, 4.69) is 15.9 Å². The van der Waals surface area contributed by atoms with E-state index < -0.39 is 6.10 Å².